The average molecular weight is 328 g/mol. The van der Waals surface area contributed by atoms with Gasteiger partial charge in [-0.25, -0.2) is 0 Å². The molecular weight excluding hydrogens is 314 g/mol. The van der Waals surface area contributed by atoms with Crippen LogP contribution < -0.4 is 10.1 Å². The number of methoxy groups -OCH3 is 1. The Morgan fingerprint density at radius 1 is 1.47 bits per heavy atom. The molecule has 0 heterocycles. The van der Waals surface area contributed by atoms with Crippen molar-refractivity contribution in [2.24, 2.45) is 0 Å². The molecule has 0 aromatic heterocycles. The smallest absolute Gasteiger partial charge is 0.325 e. The third-order valence-corrected chi connectivity index (χ3v) is 2.95. The third-order valence-electron chi connectivity index (χ3n) is 2.33. The van der Waals surface area contributed by atoms with Gasteiger partial charge < -0.3 is 15.2 Å². The van der Waals surface area contributed by atoms with Crippen molar-refractivity contribution in [1.82, 2.24) is 5.32 Å². The Bertz CT molecular complexity index is 513. The number of aliphatic carboxylic acids is 1. The van der Waals surface area contributed by atoms with Crippen LogP contribution in [0.4, 0.5) is 0 Å². The first-order valence-corrected chi connectivity index (χ1v) is 6.28. The van der Waals surface area contributed by atoms with Crippen molar-refractivity contribution < 1.29 is 19.4 Å². The van der Waals surface area contributed by atoms with Crippen molar-refractivity contribution in [2.45, 2.75) is 13.0 Å². The Labute approximate surface area is 119 Å². The summed E-state index contributed by atoms with van der Waals surface area (Å²) in [5.74, 6) is -0.836. The SMILES string of the molecule is COc1ccc(/C=C/C(=O)N[C@@H](C)C(=O)O)cc1Br. The molecule has 1 amide bonds. The minimum atomic E-state index is -1.08. The van der Waals surface area contributed by atoms with Crippen LogP contribution in [-0.4, -0.2) is 30.1 Å². The molecule has 0 saturated carbocycles. The van der Waals surface area contributed by atoms with E-state index < -0.39 is 17.9 Å². The molecule has 0 spiro atoms. The second-order valence-electron chi connectivity index (χ2n) is 3.80. The normalized spacial score (nSPS) is 12.2. The molecule has 0 radical (unpaired) electrons. The summed E-state index contributed by atoms with van der Waals surface area (Å²) < 4.78 is 5.86. The maximum atomic E-state index is 11.4. The van der Waals surface area contributed by atoms with Crippen LogP contribution in [0.1, 0.15) is 12.5 Å². The topological polar surface area (TPSA) is 75.6 Å². The Kier molecular flexibility index (Phi) is 5.57. The Morgan fingerprint density at radius 2 is 2.16 bits per heavy atom. The van der Waals surface area contributed by atoms with Gasteiger partial charge in [-0.1, -0.05) is 6.07 Å². The number of ether oxygens (including phenoxy) is 1. The fourth-order valence-electron chi connectivity index (χ4n) is 1.28. The number of nitrogens with one attached hydrogen (secondary N) is 1. The molecule has 1 aromatic carbocycles. The average Bonchev–Trinajstić information content (AvgIpc) is 2.36. The number of amides is 1. The number of carboxylic acid groups (broad SMARTS) is 1. The van der Waals surface area contributed by atoms with Gasteiger partial charge in [0.2, 0.25) is 5.91 Å². The standard InChI is InChI=1S/C13H14BrNO4/c1-8(13(17)18)15-12(16)6-4-9-3-5-11(19-2)10(14)7-9/h3-8H,1-2H3,(H,15,16)(H,17,18)/b6-4+/t8-/m0/s1. The molecule has 0 aliphatic heterocycles. The van der Waals surface area contributed by atoms with Gasteiger partial charge in [-0.2, -0.15) is 0 Å². The Balaban J connectivity index is 2.68. The quantitative estimate of drug-likeness (QED) is 0.812. The van der Waals surface area contributed by atoms with E-state index >= 15 is 0 Å². The molecule has 0 saturated heterocycles. The maximum absolute atomic E-state index is 11.4. The molecule has 0 unspecified atom stereocenters. The summed E-state index contributed by atoms with van der Waals surface area (Å²) in [5, 5.41) is 11.0. The minimum absolute atomic E-state index is 0.457. The van der Waals surface area contributed by atoms with E-state index in [9.17, 15) is 9.59 Å². The zero-order valence-corrected chi connectivity index (χ0v) is 12.1. The van der Waals surface area contributed by atoms with Crippen molar-refractivity contribution in [3.63, 3.8) is 0 Å². The van der Waals surface area contributed by atoms with E-state index in [2.05, 4.69) is 21.2 Å². The molecule has 0 bridgehead atoms. The van der Waals surface area contributed by atoms with Crippen LogP contribution in [-0.2, 0) is 9.59 Å². The van der Waals surface area contributed by atoms with Gasteiger partial charge in [-0.15, -0.1) is 0 Å². The van der Waals surface area contributed by atoms with Crippen LogP contribution in [0.5, 0.6) is 5.75 Å². The predicted molar refractivity (Wildman–Crippen MR) is 75.0 cm³/mol. The molecule has 5 nitrogen and oxygen atoms in total. The van der Waals surface area contributed by atoms with Gasteiger partial charge in [0.25, 0.3) is 0 Å². The second kappa shape index (κ2) is 6.94. The fraction of sp³-hybridized carbons (Fsp3) is 0.231. The van der Waals surface area contributed by atoms with E-state index in [4.69, 9.17) is 9.84 Å². The second-order valence-corrected chi connectivity index (χ2v) is 4.65. The van der Waals surface area contributed by atoms with Crippen LogP contribution in [0, 0.1) is 0 Å². The number of benzene rings is 1. The maximum Gasteiger partial charge on any atom is 0.325 e. The van der Waals surface area contributed by atoms with Gasteiger partial charge in [-0.3, -0.25) is 9.59 Å². The summed E-state index contributed by atoms with van der Waals surface area (Å²) in [6.45, 7) is 1.40. The summed E-state index contributed by atoms with van der Waals surface area (Å²) in [7, 11) is 1.57. The lowest BCUT2D eigenvalue weighted by molar-refractivity contribution is -0.140. The molecule has 102 valence electrons. The summed E-state index contributed by atoms with van der Waals surface area (Å²) in [6, 6.07) is 4.43. The zero-order chi connectivity index (χ0) is 14.4. The highest BCUT2D eigenvalue weighted by Crippen LogP contribution is 2.25. The Morgan fingerprint density at radius 3 is 2.68 bits per heavy atom. The number of carbonyl (C=O) groups is 2. The largest absolute Gasteiger partial charge is 0.496 e. The van der Waals surface area contributed by atoms with Crippen molar-refractivity contribution in [2.75, 3.05) is 7.11 Å². The highest BCUT2D eigenvalue weighted by Gasteiger charge is 2.11. The predicted octanol–water partition coefficient (Wildman–Crippen LogP) is 2.06. The molecule has 1 atom stereocenters. The van der Waals surface area contributed by atoms with E-state index in [-0.39, 0.29) is 0 Å². The highest BCUT2D eigenvalue weighted by molar-refractivity contribution is 9.10. The lowest BCUT2D eigenvalue weighted by Crippen LogP contribution is -2.37. The van der Waals surface area contributed by atoms with Crippen LogP contribution in [0.25, 0.3) is 6.08 Å². The Hall–Kier alpha value is -1.82. The molecule has 1 aromatic rings. The summed E-state index contributed by atoms with van der Waals surface area (Å²) in [5.41, 5.74) is 0.797. The zero-order valence-electron chi connectivity index (χ0n) is 10.5. The van der Waals surface area contributed by atoms with Gasteiger partial charge in [-0.05, 0) is 46.6 Å². The van der Waals surface area contributed by atoms with Crippen molar-refractivity contribution in [1.29, 1.82) is 0 Å². The van der Waals surface area contributed by atoms with E-state index in [0.717, 1.165) is 10.0 Å². The molecule has 0 aliphatic rings. The van der Waals surface area contributed by atoms with Gasteiger partial charge in [0.1, 0.15) is 11.8 Å². The number of rotatable bonds is 5. The molecule has 0 aliphatic carbocycles. The highest BCUT2D eigenvalue weighted by atomic mass is 79.9. The molecule has 0 fully saturated rings. The number of hydrogen-bond acceptors (Lipinski definition) is 3. The van der Waals surface area contributed by atoms with E-state index in [1.165, 1.54) is 13.0 Å². The lowest BCUT2D eigenvalue weighted by atomic mass is 10.2. The minimum Gasteiger partial charge on any atom is -0.496 e. The van der Waals surface area contributed by atoms with Crippen LogP contribution in [0.2, 0.25) is 0 Å². The van der Waals surface area contributed by atoms with Crippen LogP contribution in [0.15, 0.2) is 28.7 Å². The van der Waals surface area contributed by atoms with Gasteiger partial charge in [0.05, 0.1) is 11.6 Å². The van der Waals surface area contributed by atoms with Crippen molar-refractivity contribution in [3.05, 3.63) is 34.3 Å². The first-order chi connectivity index (χ1) is 8.93. The first kappa shape index (κ1) is 15.2. The molecular formula is C13H14BrNO4. The first-order valence-electron chi connectivity index (χ1n) is 5.49. The summed E-state index contributed by atoms with van der Waals surface area (Å²) >= 11 is 3.34. The monoisotopic (exact) mass is 327 g/mol. The number of hydrogen-bond donors (Lipinski definition) is 2. The van der Waals surface area contributed by atoms with Crippen LogP contribution >= 0.6 is 15.9 Å². The van der Waals surface area contributed by atoms with Crippen molar-refractivity contribution in [3.8, 4) is 5.75 Å². The fourth-order valence-corrected chi connectivity index (χ4v) is 1.84. The van der Waals surface area contributed by atoms with E-state index in [1.807, 2.05) is 0 Å². The number of carboxylic acids is 1. The summed E-state index contributed by atoms with van der Waals surface area (Å²) in [6.07, 6.45) is 2.88. The lowest BCUT2D eigenvalue weighted by Gasteiger charge is -2.06. The molecule has 1 rings (SSSR count). The summed E-state index contributed by atoms with van der Waals surface area (Å²) in [4.78, 5) is 22.0. The van der Waals surface area contributed by atoms with E-state index in [1.54, 1.807) is 31.4 Å². The molecule has 19 heavy (non-hydrogen) atoms. The van der Waals surface area contributed by atoms with Crippen molar-refractivity contribution >= 4 is 33.9 Å². The number of carbonyl (C=O) groups excluding carboxylic acids is 1. The van der Waals surface area contributed by atoms with Gasteiger partial charge in [0.15, 0.2) is 0 Å². The third kappa shape index (κ3) is 4.75. The molecule has 2 N–H and O–H groups in total. The number of halogens is 1. The van der Waals surface area contributed by atoms with Gasteiger partial charge >= 0.3 is 5.97 Å². The molecule has 6 heteroatoms. The van der Waals surface area contributed by atoms with Gasteiger partial charge in [0, 0.05) is 6.08 Å². The van der Waals surface area contributed by atoms with Crippen LogP contribution in [0.3, 0.4) is 0 Å². The van der Waals surface area contributed by atoms with E-state index in [0.29, 0.717) is 5.75 Å².